The number of para-hydroxylation sites is 2. The highest BCUT2D eigenvalue weighted by Gasteiger charge is 2.28. The minimum atomic E-state index is -0.966. The molecule has 0 aliphatic rings. The number of ether oxygens (including phenoxy) is 1. The highest BCUT2D eigenvalue weighted by Crippen LogP contribution is 2.28. The van der Waals surface area contributed by atoms with Crippen LogP contribution in [0.25, 0.3) is 0 Å². The van der Waals surface area contributed by atoms with Crippen molar-refractivity contribution in [3.63, 3.8) is 0 Å². The fourth-order valence-electron chi connectivity index (χ4n) is 2.29. The van der Waals surface area contributed by atoms with Crippen molar-refractivity contribution in [2.24, 2.45) is 0 Å². The predicted molar refractivity (Wildman–Crippen MR) is 92.1 cm³/mol. The summed E-state index contributed by atoms with van der Waals surface area (Å²) in [6.45, 7) is 1.70. The predicted octanol–water partition coefficient (Wildman–Crippen LogP) is 1.33. The van der Waals surface area contributed by atoms with E-state index in [1.165, 1.54) is 18.9 Å². The Kier molecular flexibility index (Phi) is 6.22. The van der Waals surface area contributed by atoms with Crippen molar-refractivity contribution in [3.8, 4) is 5.75 Å². The molecule has 0 bridgehead atoms. The van der Waals surface area contributed by atoms with Gasteiger partial charge in [-0.05, 0) is 36.8 Å². The summed E-state index contributed by atoms with van der Waals surface area (Å²) in [6, 6.07) is 9.29. The van der Waals surface area contributed by atoms with Gasteiger partial charge >= 0.3 is 0 Å². The summed E-state index contributed by atoms with van der Waals surface area (Å²) in [6.07, 6.45) is 3.71. The molecule has 130 valence electrons. The number of aromatic nitrogens is 1. The zero-order valence-corrected chi connectivity index (χ0v) is 14.0. The molecule has 1 atom stereocenters. The fourth-order valence-corrected chi connectivity index (χ4v) is 2.29. The van der Waals surface area contributed by atoms with E-state index < -0.39 is 17.7 Å². The minimum absolute atomic E-state index is 0.204. The van der Waals surface area contributed by atoms with Crippen LogP contribution in [0.2, 0.25) is 0 Å². The van der Waals surface area contributed by atoms with E-state index in [2.05, 4.69) is 10.3 Å². The van der Waals surface area contributed by atoms with Crippen molar-refractivity contribution >= 4 is 23.8 Å². The number of benzene rings is 1. The summed E-state index contributed by atoms with van der Waals surface area (Å²) in [4.78, 5) is 41.0. The van der Waals surface area contributed by atoms with Gasteiger partial charge in [-0.25, -0.2) is 0 Å². The maximum Gasteiger partial charge on any atom is 0.289 e. The number of nitrogens with one attached hydrogen (secondary N) is 1. The fraction of sp³-hybridized carbons (Fsp3) is 0.222. The van der Waals surface area contributed by atoms with E-state index in [1.807, 2.05) is 0 Å². The van der Waals surface area contributed by atoms with Crippen molar-refractivity contribution in [3.05, 3.63) is 54.4 Å². The molecule has 0 spiro atoms. The van der Waals surface area contributed by atoms with Crippen LogP contribution in [-0.2, 0) is 20.9 Å². The number of methoxy groups -OCH3 is 1. The molecule has 0 fully saturated rings. The number of rotatable bonds is 8. The topological polar surface area (TPSA) is 88.6 Å². The zero-order valence-electron chi connectivity index (χ0n) is 14.0. The first-order chi connectivity index (χ1) is 12.1. The SMILES string of the molecule is COc1ccccc1N(C=O)C(C)C(=O)C(=O)NCc1ccncc1. The number of carbonyl (C=O) groups excluding carboxylic acids is 3. The minimum Gasteiger partial charge on any atom is -0.495 e. The van der Waals surface area contributed by atoms with Crippen LogP contribution in [0.1, 0.15) is 12.5 Å². The van der Waals surface area contributed by atoms with E-state index in [4.69, 9.17) is 4.74 Å². The third-order valence-corrected chi connectivity index (χ3v) is 3.70. The molecule has 7 heteroatoms. The maximum absolute atomic E-state index is 12.4. The lowest BCUT2D eigenvalue weighted by molar-refractivity contribution is -0.138. The molecule has 25 heavy (non-hydrogen) atoms. The van der Waals surface area contributed by atoms with Crippen LogP contribution in [0.5, 0.6) is 5.75 Å². The first-order valence-electron chi connectivity index (χ1n) is 7.66. The van der Waals surface area contributed by atoms with E-state index in [9.17, 15) is 14.4 Å². The Hall–Kier alpha value is -3.22. The number of nitrogens with zero attached hydrogens (tertiary/aromatic N) is 2. The number of ketones is 1. The molecule has 2 amide bonds. The quantitative estimate of drug-likeness (QED) is 0.578. The van der Waals surface area contributed by atoms with Crippen molar-refractivity contribution in [1.29, 1.82) is 0 Å². The third kappa shape index (κ3) is 4.41. The molecule has 2 rings (SSSR count). The van der Waals surface area contributed by atoms with Gasteiger partial charge in [-0.3, -0.25) is 19.4 Å². The van der Waals surface area contributed by atoms with Crippen molar-refractivity contribution in [1.82, 2.24) is 10.3 Å². The van der Waals surface area contributed by atoms with E-state index >= 15 is 0 Å². The van der Waals surface area contributed by atoms with Crippen LogP contribution >= 0.6 is 0 Å². The summed E-state index contributed by atoms with van der Waals surface area (Å²) in [5, 5.41) is 2.55. The van der Waals surface area contributed by atoms with Crippen LogP contribution < -0.4 is 15.0 Å². The van der Waals surface area contributed by atoms with Crippen LogP contribution in [0.3, 0.4) is 0 Å². The number of anilines is 1. The highest BCUT2D eigenvalue weighted by molar-refractivity contribution is 6.39. The first kappa shape index (κ1) is 18.1. The summed E-state index contributed by atoms with van der Waals surface area (Å²) < 4.78 is 5.21. The second kappa shape index (κ2) is 8.58. The zero-order chi connectivity index (χ0) is 18.2. The normalized spacial score (nSPS) is 11.3. The van der Waals surface area contributed by atoms with Gasteiger partial charge in [0.25, 0.3) is 5.91 Å². The Balaban J connectivity index is 2.08. The smallest absolute Gasteiger partial charge is 0.289 e. The molecule has 0 radical (unpaired) electrons. The Morgan fingerprint density at radius 1 is 1.24 bits per heavy atom. The number of hydrogen-bond acceptors (Lipinski definition) is 5. The van der Waals surface area contributed by atoms with Crippen LogP contribution in [0.4, 0.5) is 5.69 Å². The van der Waals surface area contributed by atoms with Crippen molar-refractivity contribution in [2.75, 3.05) is 12.0 Å². The van der Waals surface area contributed by atoms with E-state index in [1.54, 1.807) is 48.8 Å². The molecule has 1 N–H and O–H groups in total. The maximum atomic E-state index is 12.4. The van der Waals surface area contributed by atoms with Gasteiger partial charge in [0, 0.05) is 18.9 Å². The largest absolute Gasteiger partial charge is 0.495 e. The standard InChI is InChI=1S/C18H19N3O4/c1-13(21(12-22)15-5-3-4-6-16(15)25-2)17(23)18(24)20-11-14-7-9-19-10-8-14/h3-10,12-13H,11H2,1-2H3,(H,20,24). The molecule has 1 aromatic heterocycles. The monoisotopic (exact) mass is 341 g/mol. The number of Topliss-reactive ketones (excluding diaryl/α,β-unsaturated/α-hetero) is 1. The van der Waals surface area contributed by atoms with Gasteiger partial charge in [-0.2, -0.15) is 0 Å². The number of pyridine rings is 1. The van der Waals surface area contributed by atoms with Crippen LogP contribution in [-0.4, -0.2) is 36.2 Å². The summed E-state index contributed by atoms with van der Waals surface area (Å²) in [5.41, 5.74) is 1.24. The van der Waals surface area contributed by atoms with Gasteiger partial charge in [0.15, 0.2) is 0 Å². The number of carbonyl (C=O) groups is 3. The lowest BCUT2D eigenvalue weighted by Crippen LogP contribution is -2.45. The molecule has 2 aromatic rings. The van der Waals surface area contributed by atoms with Crippen molar-refractivity contribution < 1.29 is 19.1 Å². The molecule has 0 aliphatic carbocycles. The van der Waals surface area contributed by atoms with Crippen molar-refractivity contribution in [2.45, 2.75) is 19.5 Å². The Labute approximate surface area is 145 Å². The molecule has 1 unspecified atom stereocenters. The Bertz CT molecular complexity index is 749. The van der Waals surface area contributed by atoms with Gasteiger partial charge in [-0.15, -0.1) is 0 Å². The van der Waals surface area contributed by atoms with Crippen LogP contribution in [0, 0.1) is 0 Å². The van der Waals surface area contributed by atoms with E-state index in [0.29, 0.717) is 17.8 Å². The average Bonchev–Trinajstić information content (AvgIpc) is 2.67. The van der Waals surface area contributed by atoms with E-state index in [-0.39, 0.29) is 6.54 Å². The molecule has 1 aromatic carbocycles. The second-order valence-corrected chi connectivity index (χ2v) is 5.26. The van der Waals surface area contributed by atoms with Gasteiger partial charge < -0.3 is 15.0 Å². The second-order valence-electron chi connectivity index (χ2n) is 5.26. The summed E-state index contributed by atoms with van der Waals surface area (Å²) in [7, 11) is 1.47. The summed E-state index contributed by atoms with van der Waals surface area (Å²) in [5.74, 6) is -1.04. The van der Waals surface area contributed by atoms with E-state index in [0.717, 1.165) is 5.56 Å². The van der Waals surface area contributed by atoms with Gasteiger partial charge in [0.05, 0.1) is 12.8 Å². The molecule has 7 nitrogen and oxygen atoms in total. The number of hydrogen-bond donors (Lipinski definition) is 1. The molecular formula is C18H19N3O4. The Morgan fingerprint density at radius 3 is 2.56 bits per heavy atom. The molecule has 0 saturated heterocycles. The molecule has 0 aliphatic heterocycles. The van der Waals surface area contributed by atoms with Gasteiger partial charge in [0.1, 0.15) is 11.8 Å². The molecule has 1 heterocycles. The number of amides is 2. The molecule has 0 saturated carbocycles. The average molecular weight is 341 g/mol. The highest BCUT2D eigenvalue weighted by atomic mass is 16.5. The lowest BCUT2D eigenvalue weighted by Gasteiger charge is -2.25. The van der Waals surface area contributed by atoms with Gasteiger partial charge in [0.2, 0.25) is 12.2 Å². The summed E-state index contributed by atoms with van der Waals surface area (Å²) >= 11 is 0. The third-order valence-electron chi connectivity index (χ3n) is 3.70. The first-order valence-corrected chi connectivity index (χ1v) is 7.66. The molecular weight excluding hydrogens is 322 g/mol. The van der Waals surface area contributed by atoms with Gasteiger partial charge in [-0.1, -0.05) is 12.1 Å². The van der Waals surface area contributed by atoms with Crippen LogP contribution in [0.15, 0.2) is 48.8 Å². The lowest BCUT2D eigenvalue weighted by atomic mass is 10.1. The Morgan fingerprint density at radius 2 is 1.92 bits per heavy atom.